The van der Waals surface area contributed by atoms with Crippen LogP contribution >= 0.6 is 11.8 Å². The quantitative estimate of drug-likeness (QED) is 0.844. The van der Waals surface area contributed by atoms with Crippen LogP contribution in [0.1, 0.15) is 12.0 Å². The molecule has 0 aliphatic rings. The zero-order valence-corrected chi connectivity index (χ0v) is 11.4. The summed E-state index contributed by atoms with van der Waals surface area (Å²) in [5.41, 5.74) is 6.19. The topological polar surface area (TPSA) is 49.8 Å². The maximum Gasteiger partial charge on any atom is 0.130 e. The van der Waals surface area contributed by atoms with E-state index in [0.29, 0.717) is 6.42 Å². The molecule has 0 heterocycles. The van der Waals surface area contributed by atoms with Crippen molar-refractivity contribution in [1.29, 1.82) is 5.26 Å². The van der Waals surface area contributed by atoms with Crippen LogP contribution in [0.3, 0.4) is 0 Å². The van der Waals surface area contributed by atoms with Gasteiger partial charge in [-0.25, -0.2) is 0 Å². The third-order valence-corrected chi connectivity index (χ3v) is 4.01. The third kappa shape index (κ3) is 3.60. The number of benzene rings is 2. The molecule has 0 bridgehead atoms. The predicted octanol–water partition coefficient (Wildman–Crippen LogP) is 3.55. The lowest BCUT2D eigenvalue weighted by Crippen LogP contribution is -2.35. The summed E-state index contributed by atoms with van der Waals surface area (Å²) in [7, 11) is 0. The second-order valence-corrected chi connectivity index (χ2v) is 5.53. The van der Waals surface area contributed by atoms with Gasteiger partial charge in [-0.15, -0.1) is 11.8 Å². The Morgan fingerprint density at radius 3 is 2.16 bits per heavy atom. The molecule has 2 aromatic rings. The molecule has 1 atom stereocenters. The molecule has 19 heavy (non-hydrogen) atoms. The van der Waals surface area contributed by atoms with Crippen LogP contribution in [0.15, 0.2) is 65.6 Å². The van der Waals surface area contributed by atoms with E-state index in [1.165, 1.54) is 4.90 Å². The molecule has 0 saturated carbocycles. The Bertz CT molecular complexity index is 548. The predicted molar refractivity (Wildman–Crippen MR) is 79.7 cm³/mol. The summed E-state index contributed by atoms with van der Waals surface area (Å²) in [4.78, 5) is 1.20. The van der Waals surface area contributed by atoms with Crippen molar-refractivity contribution in [1.82, 2.24) is 0 Å². The molecule has 0 radical (unpaired) electrons. The van der Waals surface area contributed by atoms with Crippen molar-refractivity contribution in [3.8, 4) is 6.07 Å². The molecule has 0 spiro atoms. The van der Waals surface area contributed by atoms with Gasteiger partial charge in [0.05, 0.1) is 6.07 Å². The van der Waals surface area contributed by atoms with Crippen LogP contribution in [0, 0.1) is 11.3 Å². The zero-order valence-electron chi connectivity index (χ0n) is 10.6. The van der Waals surface area contributed by atoms with Crippen LogP contribution < -0.4 is 5.73 Å². The first kappa shape index (κ1) is 13.7. The van der Waals surface area contributed by atoms with Crippen molar-refractivity contribution in [2.24, 2.45) is 5.73 Å². The van der Waals surface area contributed by atoms with Crippen LogP contribution in [0.4, 0.5) is 0 Å². The Balaban J connectivity index is 1.99. The average Bonchev–Trinajstić information content (AvgIpc) is 2.49. The van der Waals surface area contributed by atoms with Gasteiger partial charge in [-0.2, -0.15) is 5.26 Å². The van der Waals surface area contributed by atoms with E-state index in [-0.39, 0.29) is 0 Å². The fourth-order valence-electron chi connectivity index (χ4n) is 1.85. The lowest BCUT2D eigenvalue weighted by molar-refractivity contribution is 0.560. The van der Waals surface area contributed by atoms with Gasteiger partial charge in [-0.3, -0.25) is 0 Å². The summed E-state index contributed by atoms with van der Waals surface area (Å²) >= 11 is 1.73. The van der Waals surface area contributed by atoms with E-state index in [0.717, 1.165) is 11.3 Å². The molecule has 96 valence electrons. The van der Waals surface area contributed by atoms with E-state index in [2.05, 4.69) is 18.2 Å². The molecule has 1 unspecified atom stereocenters. The smallest absolute Gasteiger partial charge is 0.130 e. The van der Waals surface area contributed by atoms with Crippen molar-refractivity contribution in [3.05, 3.63) is 66.2 Å². The molecule has 0 aliphatic carbocycles. The number of rotatable bonds is 5. The summed E-state index contributed by atoms with van der Waals surface area (Å²) in [5, 5.41) is 9.35. The minimum absolute atomic E-state index is 0.632. The van der Waals surface area contributed by atoms with Crippen LogP contribution in [0.5, 0.6) is 0 Å². The number of nitrogens with zero attached hydrogens (tertiary/aromatic N) is 1. The minimum Gasteiger partial charge on any atom is -0.310 e. The first-order valence-corrected chi connectivity index (χ1v) is 7.17. The van der Waals surface area contributed by atoms with E-state index in [4.69, 9.17) is 5.73 Å². The highest BCUT2D eigenvalue weighted by Gasteiger charge is 2.26. The number of nitrogens with two attached hydrogens (primary N) is 1. The maximum absolute atomic E-state index is 9.35. The van der Waals surface area contributed by atoms with Gasteiger partial charge in [0.1, 0.15) is 5.54 Å². The molecule has 3 heteroatoms. The fraction of sp³-hybridized carbons (Fsp3) is 0.188. The molecule has 2 aromatic carbocycles. The van der Waals surface area contributed by atoms with Gasteiger partial charge in [-0.1, -0.05) is 48.5 Å². The van der Waals surface area contributed by atoms with Gasteiger partial charge in [-0.05, 0) is 24.1 Å². The third-order valence-electron chi connectivity index (χ3n) is 3.00. The van der Waals surface area contributed by atoms with Crippen LogP contribution in [0.2, 0.25) is 0 Å². The molecular formula is C16H16N2S. The molecule has 0 amide bonds. The van der Waals surface area contributed by atoms with Crippen LogP contribution in [0.25, 0.3) is 0 Å². The lowest BCUT2D eigenvalue weighted by atomic mass is 9.90. The molecular weight excluding hydrogens is 252 g/mol. The zero-order chi connectivity index (χ0) is 13.6. The normalized spacial score (nSPS) is 13.5. The lowest BCUT2D eigenvalue weighted by Gasteiger charge is -2.21. The Labute approximate surface area is 118 Å². The Hall–Kier alpha value is -1.76. The fourth-order valence-corrected chi connectivity index (χ4v) is 2.86. The SMILES string of the molecule is N#CC(N)(CCSc1ccccc1)c1ccccc1. The standard InChI is InChI=1S/C16H16N2S/c17-13-16(18,14-7-3-1-4-8-14)11-12-19-15-9-5-2-6-10-15/h1-10H,11-12,18H2. The van der Waals surface area contributed by atoms with Gasteiger partial charge in [0.25, 0.3) is 0 Å². The summed E-state index contributed by atoms with van der Waals surface area (Å²) in [6.07, 6.45) is 0.632. The summed E-state index contributed by atoms with van der Waals surface area (Å²) in [5.74, 6) is 0.822. The van der Waals surface area contributed by atoms with Gasteiger partial charge in [0.15, 0.2) is 0 Å². The molecule has 2 N–H and O–H groups in total. The van der Waals surface area contributed by atoms with Gasteiger partial charge in [0.2, 0.25) is 0 Å². The average molecular weight is 268 g/mol. The second kappa shape index (κ2) is 6.42. The van der Waals surface area contributed by atoms with Crippen LogP contribution in [-0.4, -0.2) is 5.75 Å². The number of nitriles is 1. The highest BCUT2D eigenvalue weighted by Crippen LogP contribution is 2.26. The molecule has 0 saturated heterocycles. The number of hydrogen-bond acceptors (Lipinski definition) is 3. The Morgan fingerprint density at radius 1 is 1.00 bits per heavy atom. The monoisotopic (exact) mass is 268 g/mol. The summed E-state index contributed by atoms with van der Waals surface area (Å²) in [6.45, 7) is 0. The van der Waals surface area contributed by atoms with Gasteiger partial charge >= 0.3 is 0 Å². The summed E-state index contributed by atoms with van der Waals surface area (Å²) in [6, 6.07) is 22.0. The van der Waals surface area contributed by atoms with Gasteiger partial charge < -0.3 is 5.73 Å². The van der Waals surface area contributed by atoms with Crippen molar-refractivity contribution >= 4 is 11.8 Å². The molecule has 0 fully saturated rings. The highest BCUT2D eigenvalue weighted by molar-refractivity contribution is 7.99. The van der Waals surface area contributed by atoms with Crippen molar-refractivity contribution in [2.75, 3.05) is 5.75 Å². The van der Waals surface area contributed by atoms with Crippen molar-refractivity contribution < 1.29 is 0 Å². The van der Waals surface area contributed by atoms with E-state index < -0.39 is 5.54 Å². The van der Waals surface area contributed by atoms with Crippen molar-refractivity contribution in [2.45, 2.75) is 16.9 Å². The summed E-state index contributed by atoms with van der Waals surface area (Å²) < 4.78 is 0. The van der Waals surface area contributed by atoms with Gasteiger partial charge in [0, 0.05) is 10.6 Å². The largest absolute Gasteiger partial charge is 0.310 e. The molecule has 2 nitrogen and oxygen atoms in total. The number of thioether (sulfide) groups is 1. The molecule has 2 rings (SSSR count). The second-order valence-electron chi connectivity index (χ2n) is 4.36. The number of hydrogen-bond donors (Lipinski definition) is 1. The first-order chi connectivity index (χ1) is 9.24. The van der Waals surface area contributed by atoms with Crippen molar-refractivity contribution in [3.63, 3.8) is 0 Å². The minimum atomic E-state index is -0.900. The van der Waals surface area contributed by atoms with E-state index >= 15 is 0 Å². The van der Waals surface area contributed by atoms with E-state index in [9.17, 15) is 5.26 Å². The molecule has 0 aromatic heterocycles. The first-order valence-electron chi connectivity index (χ1n) is 6.18. The Morgan fingerprint density at radius 2 is 1.58 bits per heavy atom. The van der Waals surface area contributed by atoms with E-state index in [1.807, 2.05) is 48.5 Å². The van der Waals surface area contributed by atoms with E-state index in [1.54, 1.807) is 11.8 Å². The highest BCUT2D eigenvalue weighted by atomic mass is 32.2. The molecule has 0 aliphatic heterocycles. The maximum atomic E-state index is 9.35. The Kier molecular flexibility index (Phi) is 4.62. The van der Waals surface area contributed by atoms with Crippen LogP contribution in [-0.2, 0) is 5.54 Å².